The SMILES string of the molecule is C=C1N(Cc2nc3cc(Cl)ccc3n2N)c2cnccc2C1(CC)CCC.CP. The third-order valence-electron chi connectivity index (χ3n) is 5.79. The van der Waals surface area contributed by atoms with Crippen LogP contribution in [0, 0.1) is 0 Å². The first-order valence-corrected chi connectivity index (χ1v) is 11.5. The van der Waals surface area contributed by atoms with E-state index in [1.54, 1.807) is 4.68 Å². The number of nitrogens with two attached hydrogens (primary N) is 1. The van der Waals surface area contributed by atoms with Crippen LogP contribution in [0.1, 0.15) is 44.5 Å². The summed E-state index contributed by atoms with van der Waals surface area (Å²) in [6, 6.07) is 7.70. The molecule has 5 nitrogen and oxygen atoms in total. The van der Waals surface area contributed by atoms with Crippen LogP contribution in [-0.4, -0.2) is 21.3 Å². The summed E-state index contributed by atoms with van der Waals surface area (Å²) >= 11 is 6.11. The molecule has 0 radical (unpaired) electrons. The van der Waals surface area contributed by atoms with E-state index >= 15 is 0 Å². The summed E-state index contributed by atoms with van der Waals surface area (Å²) in [6.45, 7) is 11.4. The number of halogens is 1. The molecule has 3 heterocycles. The van der Waals surface area contributed by atoms with Crippen molar-refractivity contribution in [1.29, 1.82) is 0 Å². The Bertz CT molecular complexity index is 1030. The van der Waals surface area contributed by atoms with E-state index in [9.17, 15) is 0 Å². The minimum Gasteiger partial charge on any atom is -0.337 e. The number of hydrogen-bond acceptors (Lipinski definition) is 4. The quantitative estimate of drug-likeness (QED) is 0.443. The molecule has 1 aliphatic rings. The van der Waals surface area contributed by atoms with Crippen LogP contribution in [0.3, 0.4) is 0 Å². The predicted octanol–water partition coefficient (Wildman–Crippen LogP) is 5.27. The van der Waals surface area contributed by atoms with Gasteiger partial charge in [-0.15, -0.1) is 9.24 Å². The van der Waals surface area contributed by atoms with E-state index < -0.39 is 0 Å². The molecule has 0 spiro atoms. The number of benzene rings is 1. The fourth-order valence-electron chi connectivity index (χ4n) is 4.40. The van der Waals surface area contributed by atoms with Crippen molar-refractivity contribution in [3.63, 3.8) is 0 Å². The standard InChI is InChI=1S/C21H24ClN5.CH5P/c1-4-9-21(5-2)14(3)26(19-12-24-10-8-16(19)21)13-20-25-17-11-15(22)6-7-18(17)27(20)23;1-2/h6-8,10-12H,3-5,9,13,23H2,1-2H3;2H2,1H3. The number of nitrogens with zero attached hydrogens (tertiary/aromatic N) is 4. The van der Waals surface area contributed by atoms with Crippen molar-refractivity contribution in [2.24, 2.45) is 0 Å². The molecule has 0 aliphatic carbocycles. The molecular formula is C22H29ClN5P. The largest absolute Gasteiger partial charge is 0.337 e. The van der Waals surface area contributed by atoms with Gasteiger partial charge in [0.15, 0.2) is 0 Å². The Morgan fingerprint density at radius 1 is 1.24 bits per heavy atom. The lowest BCUT2D eigenvalue weighted by Gasteiger charge is -2.31. The zero-order chi connectivity index (χ0) is 21.2. The molecule has 2 aromatic heterocycles. The second-order valence-electron chi connectivity index (χ2n) is 7.14. The first kappa shape index (κ1) is 21.6. The normalized spacial score (nSPS) is 18.0. The first-order valence-electron chi connectivity index (χ1n) is 9.93. The number of fused-ring (bicyclic) bond motifs is 2. The minimum absolute atomic E-state index is 0.0538. The molecule has 0 fully saturated rings. The van der Waals surface area contributed by atoms with Crippen molar-refractivity contribution >= 4 is 37.6 Å². The molecule has 1 aromatic carbocycles. The van der Waals surface area contributed by atoms with E-state index in [4.69, 9.17) is 22.4 Å². The Hall–Kier alpha value is -2.10. The summed E-state index contributed by atoms with van der Waals surface area (Å²) in [4.78, 5) is 11.3. The topological polar surface area (TPSA) is 60.0 Å². The minimum atomic E-state index is -0.0538. The smallest absolute Gasteiger partial charge is 0.148 e. The summed E-state index contributed by atoms with van der Waals surface area (Å²) in [5, 5.41) is 0.653. The van der Waals surface area contributed by atoms with Crippen LogP contribution in [-0.2, 0) is 12.0 Å². The van der Waals surface area contributed by atoms with Gasteiger partial charge in [0, 0.05) is 22.3 Å². The van der Waals surface area contributed by atoms with Gasteiger partial charge in [0.05, 0.1) is 29.5 Å². The third-order valence-corrected chi connectivity index (χ3v) is 6.02. The van der Waals surface area contributed by atoms with E-state index in [-0.39, 0.29) is 5.41 Å². The van der Waals surface area contributed by atoms with Gasteiger partial charge < -0.3 is 10.7 Å². The summed E-state index contributed by atoms with van der Waals surface area (Å²) in [5.74, 6) is 7.10. The predicted molar refractivity (Wildman–Crippen MR) is 127 cm³/mol. The number of pyridine rings is 1. The van der Waals surface area contributed by atoms with Crippen LogP contribution in [0.4, 0.5) is 5.69 Å². The highest BCUT2D eigenvalue weighted by atomic mass is 35.5. The highest BCUT2D eigenvalue weighted by Crippen LogP contribution is 2.51. The lowest BCUT2D eigenvalue weighted by atomic mass is 9.74. The molecule has 0 amide bonds. The highest BCUT2D eigenvalue weighted by Gasteiger charge is 2.44. The molecule has 29 heavy (non-hydrogen) atoms. The lowest BCUT2D eigenvalue weighted by molar-refractivity contribution is 0.448. The van der Waals surface area contributed by atoms with Gasteiger partial charge in [0.2, 0.25) is 0 Å². The van der Waals surface area contributed by atoms with Gasteiger partial charge >= 0.3 is 0 Å². The van der Waals surface area contributed by atoms with Crippen LogP contribution < -0.4 is 10.7 Å². The van der Waals surface area contributed by atoms with Crippen LogP contribution in [0.2, 0.25) is 5.02 Å². The number of hydrogen-bond donors (Lipinski definition) is 1. The summed E-state index contributed by atoms with van der Waals surface area (Å²) in [6.07, 6.45) is 6.95. The van der Waals surface area contributed by atoms with Crippen molar-refractivity contribution in [3.8, 4) is 0 Å². The molecule has 2 unspecified atom stereocenters. The molecule has 2 N–H and O–H groups in total. The Labute approximate surface area is 180 Å². The molecule has 0 bridgehead atoms. The fourth-order valence-corrected chi connectivity index (χ4v) is 4.56. The van der Waals surface area contributed by atoms with E-state index in [1.807, 2.05) is 37.3 Å². The van der Waals surface area contributed by atoms with Gasteiger partial charge in [-0.3, -0.25) is 4.98 Å². The van der Waals surface area contributed by atoms with Gasteiger partial charge in [0.1, 0.15) is 5.82 Å². The Morgan fingerprint density at radius 2 is 2.00 bits per heavy atom. The average molecular weight is 430 g/mol. The second-order valence-corrected chi connectivity index (χ2v) is 7.58. The number of imidazole rings is 1. The van der Waals surface area contributed by atoms with Crippen LogP contribution in [0.5, 0.6) is 0 Å². The van der Waals surface area contributed by atoms with Crippen molar-refractivity contribution in [3.05, 3.63) is 65.3 Å². The molecule has 1 aliphatic heterocycles. The van der Waals surface area contributed by atoms with Gasteiger partial charge in [-0.2, -0.15) is 0 Å². The third kappa shape index (κ3) is 3.51. The van der Waals surface area contributed by atoms with Crippen molar-refractivity contribution < 1.29 is 0 Å². The molecule has 3 aromatic rings. The number of anilines is 1. The highest BCUT2D eigenvalue weighted by molar-refractivity contribution is 7.15. The van der Waals surface area contributed by atoms with Gasteiger partial charge in [0.25, 0.3) is 0 Å². The Morgan fingerprint density at radius 3 is 2.69 bits per heavy atom. The Balaban J connectivity index is 0.00000117. The van der Waals surface area contributed by atoms with E-state index in [2.05, 4.69) is 45.6 Å². The summed E-state index contributed by atoms with van der Waals surface area (Å²) in [5.41, 5.74) is 5.10. The van der Waals surface area contributed by atoms with Crippen LogP contribution in [0.25, 0.3) is 11.0 Å². The van der Waals surface area contributed by atoms with E-state index in [0.29, 0.717) is 11.6 Å². The number of aromatic nitrogens is 3. The Kier molecular flexibility index (Phi) is 6.50. The van der Waals surface area contributed by atoms with Gasteiger partial charge in [-0.25, -0.2) is 9.66 Å². The molecule has 2 atom stereocenters. The maximum Gasteiger partial charge on any atom is 0.148 e. The molecule has 154 valence electrons. The second kappa shape index (κ2) is 8.73. The van der Waals surface area contributed by atoms with Crippen molar-refractivity contribution in [1.82, 2.24) is 14.6 Å². The van der Waals surface area contributed by atoms with Gasteiger partial charge in [-0.05, 0) is 42.7 Å². The van der Waals surface area contributed by atoms with Crippen molar-refractivity contribution in [2.45, 2.75) is 45.1 Å². The molecule has 0 saturated heterocycles. The molecule has 7 heteroatoms. The maximum absolute atomic E-state index is 6.33. The monoisotopic (exact) mass is 429 g/mol. The lowest BCUT2D eigenvalue weighted by Crippen LogP contribution is -2.31. The fraction of sp³-hybridized carbons (Fsp3) is 0.364. The van der Waals surface area contributed by atoms with Crippen molar-refractivity contribution in [2.75, 3.05) is 17.4 Å². The molecule has 4 rings (SSSR count). The average Bonchev–Trinajstić information content (AvgIpc) is 3.17. The number of rotatable bonds is 5. The zero-order valence-electron chi connectivity index (χ0n) is 17.3. The van der Waals surface area contributed by atoms with Gasteiger partial charge in [-0.1, -0.05) is 45.1 Å². The first-order chi connectivity index (χ1) is 14.0. The van der Waals surface area contributed by atoms with Crippen LogP contribution in [0.15, 0.2) is 48.9 Å². The number of allylic oxidation sites excluding steroid dienone is 1. The summed E-state index contributed by atoms with van der Waals surface area (Å²) in [7, 11) is 2.42. The summed E-state index contributed by atoms with van der Waals surface area (Å²) < 4.78 is 1.64. The zero-order valence-corrected chi connectivity index (χ0v) is 19.2. The van der Waals surface area contributed by atoms with Crippen LogP contribution >= 0.6 is 20.8 Å². The molecule has 0 saturated carbocycles. The number of nitrogen functional groups attached to an aromatic ring is 1. The van der Waals surface area contributed by atoms with E-state index in [0.717, 1.165) is 47.5 Å². The molecular weight excluding hydrogens is 401 g/mol. The maximum atomic E-state index is 6.33. The van der Waals surface area contributed by atoms with E-state index in [1.165, 1.54) is 5.56 Å².